The fraction of sp³-hybridized carbons (Fsp3) is 0.211. The summed E-state index contributed by atoms with van der Waals surface area (Å²) in [6.45, 7) is 13.0. The van der Waals surface area contributed by atoms with E-state index < -0.39 is 15.8 Å². The molecule has 0 radical (unpaired) electrons. The van der Waals surface area contributed by atoms with E-state index in [0.29, 0.717) is 0 Å². The first-order valence-electron chi connectivity index (χ1n) is 15.1. The second-order valence-electron chi connectivity index (χ2n) is 9.42. The van der Waals surface area contributed by atoms with Crippen LogP contribution >= 0.6 is 62.9 Å². The molecule has 44 heavy (non-hydrogen) atoms. The summed E-state index contributed by atoms with van der Waals surface area (Å²) in [5.41, 5.74) is 0. The average Bonchev–Trinajstić information content (AvgIpc) is 3.05. The summed E-state index contributed by atoms with van der Waals surface area (Å²) >= 11 is 7.87. The molecule has 1 unspecified atom stereocenters. The second kappa shape index (κ2) is 19.1. The molecule has 0 aliphatic heterocycles. The lowest BCUT2D eigenvalue weighted by Crippen LogP contribution is -2.33. The van der Waals surface area contributed by atoms with Crippen LogP contribution in [0.15, 0.2) is 147 Å². The van der Waals surface area contributed by atoms with E-state index in [2.05, 4.69) is 143 Å². The van der Waals surface area contributed by atoms with E-state index in [-0.39, 0.29) is 0 Å². The van der Waals surface area contributed by atoms with Gasteiger partial charge in [0.2, 0.25) is 0 Å². The van der Waals surface area contributed by atoms with Gasteiger partial charge in [0.25, 0.3) is 0 Å². The molecule has 4 aromatic carbocycles. The predicted molar refractivity (Wildman–Crippen MR) is 213 cm³/mol. The number of thioether (sulfide) groups is 4. The average molecular weight is 689 g/mol. The van der Waals surface area contributed by atoms with Crippen molar-refractivity contribution in [2.45, 2.75) is 42.4 Å². The number of rotatable bonds is 16. The van der Waals surface area contributed by atoms with E-state index in [1.54, 1.807) is 0 Å². The van der Waals surface area contributed by atoms with Gasteiger partial charge >= 0.3 is 0 Å². The van der Waals surface area contributed by atoms with Gasteiger partial charge in [-0.15, -0.1) is 47.0 Å². The van der Waals surface area contributed by atoms with Crippen molar-refractivity contribution in [1.82, 2.24) is 0 Å². The third kappa shape index (κ3) is 9.00. The molecule has 0 aliphatic carbocycles. The molecule has 0 saturated carbocycles. The Kier molecular flexibility index (Phi) is 15.3. The zero-order chi connectivity index (χ0) is 31.1. The Labute approximate surface area is 285 Å². The first-order chi connectivity index (χ1) is 21.7. The molecule has 0 bridgehead atoms. The number of benzene rings is 4. The maximum Gasteiger partial charge on any atom is 0.0174 e. The molecule has 228 valence electrons. The topological polar surface area (TPSA) is 0 Å². The highest BCUT2D eigenvalue weighted by Crippen LogP contribution is 2.52. The van der Waals surface area contributed by atoms with E-state index in [4.69, 9.17) is 0 Å². The van der Waals surface area contributed by atoms with Gasteiger partial charge < -0.3 is 0 Å². The van der Waals surface area contributed by atoms with Gasteiger partial charge in [-0.05, 0) is 89.7 Å². The Bertz CT molecular complexity index is 1510. The molecular formula is C38H42P2S4. The molecule has 0 aromatic heterocycles. The van der Waals surface area contributed by atoms with Gasteiger partial charge in [0.15, 0.2) is 0 Å². The minimum Gasteiger partial charge on any atom is -0.126 e. The molecule has 0 nitrogen and oxygen atoms in total. The fourth-order valence-electron chi connectivity index (χ4n) is 4.91. The molecule has 0 fully saturated rings. The summed E-state index contributed by atoms with van der Waals surface area (Å²) < 4.78 is 1.43. The van der Waals surface area contributed by atoms with Crippen LogP contribution < -0.4 is 26.5 Å². The van der Waals surface area contributed by atoms with Crippen LogP contribution in [0.4, 0.5) is 0 Å². The van der Waals surface area contributed by atoms with Crippen LogP contribution in [0.5, 0.6) is 0 Å². The van der Waals surface area contributed by atoms with Crippen LogP contribution in [0.2, 0.25) is 0 Å². The van der Waals surface area contributed by atoms with Crippen LogP contribution in [0.1, 0.15) is 27.7 Å². The Morgan fingerprint density at radius 1 is 0.545 bits per heavy atom. The van der Waals surface area contributed by atoms with E-state index in [1.807, 2.05) is 59.2 Å². The molecule has 0 spiro atoms. The predicted octanol–water partition coefficient (Wildman–Crippen LogP) is 10.6. The van der Waals surface area contributed by atoms with E-state index in [9.17, 15) is 0 Å². The molecular weight excluding hydrogens is 647 g/mol. The summed E-state index contributed by atoms with van der Waals surface area (Å²) in [7, 11) is -1.64. The van der Waals surface area contributed by atoms with Gasteiger partial charge in [-0.3, -0.25) is 0 Å². The van der Waals surface area contributed by atoms with Gasteiger partial charge in [-0.1, -0.05) is 131 Å². The molecule has 6 heteroatoms. The number of hydrogen-bond acceptors (Lipinski definition) is 4. The van der Waals surface area contributed by atoms with Crippen molar-refractivity contribution in [2.24, 2.45) is 0 Å². The maximum atomic E-state index is 3.93. The van der Waals surface area contributed by atoms with Crippen molar-refractivity contribution in [2.75, 3.05) is 23.0 Å². The highest BCUT2D eigenvalue weighted by Gasteiger charge is 2.30. The largest absolute Gasteiger partial charge is 0.126 e. The van der Waals surface area contributed by atoms with Crippen molar-refractivity contribution < 1.29 is 0 Å². The first-order valence-corrected chi connectivity index (χ1v) is 21.8. The van der Waals surface area contributed by atoms with E-state index >= 15 is 0 Å². The third-order valence-corrected chi connectivity index (χ3v) is 16.7. The molecule has 0 N–H and O–H groups in total. The Morgan fingerprint density at radius 3 is 1.45 bits per heavy atom. The molecule has 0 amide bonds. The lowest BCUT2D eigenvalue weighted by Gasteiger charge is -2.30. The number of allylic oxidation sites excluding steroid dienone is 4. The van der Waals surface area contributed by atoms with Gasteiger partial charge in [-0.25, -0.2) is 0 Å². The smallest absolute Gasteiger partial charge is 0.0174 e. The standard InChI is InChI=1S/C38H42P2S4/c1-6-11-12-29-38(44-10-5)40(34-25-17-20-28-37(34)43-9-4)31-22-14-13-21-30(31)39(32-23-15-18-26-35(32)41-7-2)33-24-16-19-27-36(33)42-8-3/h6,11-29H,1,7-10H2,2-5H3/b12-11-,38-29+. The van der Waals surface area contributed by atoms with Crippen molar-refractivity contribution >= 4 is 89.4 Å². The van der Waals surface area contributed by atoms with Crippen LogP contribution in [0, 0.1) is 0 Å². The lowest BCUT2D eigenvalue weighted by molar-refractivity contribution is 1.46. The van der Waals surface area contributed by atoms with Gasteiger partial charge in [-0.2, -0.15) is 0 Å². The molecule has 4 rings (SSSR count). The van der Waals surface area contributed by atoms with Crippen molar-refractivity contribution in [1.29, 1.82) is 0 Å². The number of hydrogen-bond donors (Lipinski definition) is 0. The van der Waals surface area contributed by atoms with E-state index in [0.717, 1.165) is 23.0 Å². The molecule has 0 saturated heterocycles. The second-order valence-corrected chi connectivity index (χ2v) is 19.2. The Balaban J connectivity index is 2.09. The summed E-state index contributed by atoms with van der Waals surface area (Å²) in [4.78, 5) is 4.18. The summed E-state index contributed by atoms with van der Waals surface area (Å²) in [5.74, 6) is 4.18. The molecule has 0 heterocycles. The minimum absolute atomic E-state index is 0.818. The van der Waals surface area contributed by atoms with Crippen molar-refractivity contribution in [3.8, 4) is 0 Å². The summed E-state index contributed by atoms with van der Waals surface area (Å²) in [6, 6.07) is 36.8. The Hall–Kier alpha value is -1.64. The highest BCUT2D eigenvalue weighted by molar-refractivity contribution is 8.13. The van der Waals surface area contributed by atoms with E-state index in [1.165, 1.54) is 45.9 Å². The summed E-state index contributed by atoms with van der Waals surface area (Å²) in [5, 5.41) is 7.29. The maximum absolute atomic E-state index is 3.93. The van der Waals surface area contributed by atoms with Gasteiger partial charge in [0, 0.05) is 19.3 Å². The van der Waals surface area contributed by atoms with Gasteiger partial charge in [0.1, 0.15) is 0 Å². The normalized spacial score (nSPS) is 12.6. The van der Waals surface area contributed by atoms with Crippen molar-refractivity contribution in [3.63, 3.8) is 0 Å². The van der Waals surface area contributed by atoms with Gasteiger partial charge in [0.05, 0.1) is 0 Å². The van der Waals surface area contributed by atoms with Crippen molar-refractivity contribution in [3.05, 3.63) is 133 Å². The zero-order valence-corrected chi connectivity index (χ0v) is 31.2. The SMILES string of the molecule is C=C/C=C\C=C(\SCC)P(c1ccccc1SCC)c1ccccc1P(c1ccccc1SCC)c1ccccc1SCC. The van der Waals surface area contributed by atoms with Crippen LogP contribution in [-0.2, 0) is 0 Å². The third-order valence-electron chi connectivity index (χ3n) is 6.58. The monoisotopic (exact) mass is 688 g/mol. The lowest BCUT2D eigenvalue weighted by atomic mass is 10.3. The zero-order valence-electron chi connectivity index (χ0n) is 26.1. The first kappa shape index (κ1) is 35.2. The van der Waals surface area contributed by atoms with Crippen LogP contribution in [0.3, 0.4) is 0 Å². The Morgan fingerprint density at radius 2 is 0.977 bits per heavy atom. The summed E-state index contributed by atoms with van der Waals surface area (Å²) in [6.07, 6.45) is 8.43. The minimum atomic E-state index is -0.825. The quantitative estimate of drug-likeness (QED) is 0.0653. The molecule has 4 aromatic rings. The van der Waals surface area contributed by atoms with Crippen LogP contribution in [0.25, 0.3) is 0 Å². The fourth-order valence-corrected chi connectivity index (χ4v) is 15.4. The highest BCUT2D eigenvalue weighted by atomic mass is 32.2. The van der Waals surface area contributed by atoms with Crippen LogP contribution in [-0.4, -0.2) is 23.0 Å². The molecule has 1 atom stereocenters. The molecule has 0 aliphatic rings.